The maximum absolute atomic E-state index is 5.46. The third-order valence-corrected chi connectivity index (χ3v) is 3.00. The van der Waals surface area contributed by atoms with Gasteiger partial charge in [0.15, 0.2) is 0 Å². The third-order valence-electron chi connectivity index (χ3n) is 3.00. The third kappa shape index (κ3) is 3.53. The summed E-state index contributed by atoms with van der Waals surface area (Å²) >= 11 is 0. The minimum absolute atomic E-state index is 0.830. The van der Waals surface area contributed by atoms with Crippen LogP contribution in [0.3, 0.4) is 0 Å². The summed E-state index contributed by atoms with van der Waals surface area (Å²) in [6.07, 6.45) is 1.10. The van der Waals surface area contributed by atoms with Crippen molar-refractivity contribution < 1.29 is 9.47 Å². The number of rotatable bonds is 7. The van der Waals surface area contributed by atoms with Crippen LogP contribution < -0.4 is 19.7 Å². The molecule has 0 aliphatic rings. The number of methoxy groups -OCH3 is 2. The largest absolute Gasteiger partial charge is 0.497 e. The van der Waals surface area contributed by atoms with Crippen molar-refractivity contribution in [1.82, 2.24) is 5.32 Å². The predicted octanol–water partition coefficient (Wildman–Crippen LogP) is 2.06. The molecule has 0 aromatic heterocycles. The fourth-order valence-corrected chi connectivity index (χ4v) is 2.08. The lowest BCUT2D eigenvalue weighted by Crippen LogP contribution is -2.23. The molecule has 0 aliphatic carbocycles. The molecule has 0 saturated heterocycles. The summed E-state index contributed by atoms with van der Waals surface area (Å²) in [7, 11) is 7.43. The second-order valence-corrected chi connectivity index (χ2v) is 4.37. The Kier molecular flexibility index (Phi) is 5.78. The average molecular weight is 252 g/mol. The van der Waals surface area contributed by atoms with Gasteiger partial charge in [-0.1, -0.05) is 0 Å². The first kappa shape index (κ1) is 14.6. The van der Waals surface area contributed by atoms with Gasteiger partial charge in [-0.05, 0) is 38.6 Å². The molecule has 4 heteroatoms. The average Bonchev–Trinajstić information content (AvgIpc) is 2.37. The molecule has 18 heavy (non-hydrogen) atoms. The lowest BCUT2D eigenvalue weighted by molar-refractivity contribution is 0.394. The highest BCUT2D eigenvalue weighted by atomic mass is 16.5. The van der Waals surface area contributed by atoms with E-state index in [1.54, 1.807) is 14.2 Å². The Morgan fingerprint density at radius 3 is 2.50 bits per heavy atom. The maximum atomic E-state index is 5.46. The van der Waals surface area contributed by atoms with Gasteiger partial charge in [-0.15, -0.1) is 0 Å². The van der Waals surface area contributed by atoms with Gasteiger partial charge in [-0.25, -0.2) is 0 Å². The molecule has 1 N–H and O–H groups in total. The quantitative estimate of drug-likeness (QED) is 0.753. The lowest BCUT2D eigenvalue weighted by atomic mass is 10.1. The van der Waals surface area contributed by atoms with E-state index in [9.17, 15) is 0 Å². The monoisotopic (exact) mass is 252 g/mol. The molecule has 0 saturated carbocycles. The van der Waals surface area contributed by atoms with Crippen LogP contribution in [0.1, 0.15) is 12.0 Å². The summed E-state index contributed by atoms with van der Waals surface area (Å²) in [5.74, 6) is 1.69. The second kappa shape index (κ2) is 7.11. The Labute approximate surface area is 110 Å². The van der Waals surface area contributed by atoms with Crippen LogP contribution in [-0.2, 0) is 0 Å². The molecule has 0 fully saturated rings. The SMILES string of the molecule is CNCCCN(C)c1c(C)cc(OC)cc1OC. The molecule has 0 aliphatic heterocycles. The Bertz CT molecular complexity index is 380. The van der Waals surface area contributed by atoms with Crippen LogP contribution in [0.2, 0.25) is 0 Å². The first-order valence-corrected chi connectivity index (χ1v) is 6.22. The Hall–Kier alpha value is -1.42. The summed E-state index contributed by atoms with van der Waals surface area (Å²) in [5, 5.41) is 3.16. The Morgan fingerprint density at radius 2 is 1.94 bits per heavy atom. The molecule has 102 valence electrons. The Balaban J connectivity index is 2.92. The van der Waals surface area contributed by atoms with Gasteiger partial charge in [-0.2, -0.15) is 0 Å². The van der Waals surface area contributed by atoms with Crippen LogP contribution in [0.15, 0.2) is 12.1 Å². The van der Waals surface area contributed by atoms with Gasteiger partial charge in [0.25, 0.3) is 0 Å². The van der Waals surface area contributed by atoms with E-state index in [1.165, 1.54) is 0 Å². The van der Waals surface area contributed by atoms with Crippen LogP contribution in [0.4, 0.5) is 5.69 Å². The summed E-state index contributed by atoms with van der Waals surface area (Å²) in [6.45, 7) is 4.08. The minimum atomic E-state index is 0.830. The van der Waals surface area contributed by atoms with E-state index in [2.05, 4.69) is 24.2 Å². The standard InChI is InChI=1S/C14H24N2O2/c1-11-9-12(17-4)10-13(18-5)14(11)16(3)8-6-7-15-2/h9-10,15H,6-8H2,1-5H3. The number of hydrogen-bond acceptors (Lipinski definition) is 4. The van der Waals surface area contributed by atoms with Gasteiger partial charge in [0, 0.05) is 19.7 Å². The number of anilines is 1. The number of nitrogens with one attached hydrogen (secondary N) is 1. The predicted molar refractivity (Wildman–Crippen MR) is 76.1 cm³/mol. The molecule has 1 aromatic carbocycles. The van der Waals surface area contributed by atoms with Crippen molar-refractivity contribution in [3.63, 3.8) is 0 Å². The van der Waals surface area contributed by atoms with Crippen LogP contribution in [0.5, 0.6) is 11.5 Å². The topological polar surface area (TPSA) is 33.7 Å². The zero-order valence-electron chi connectivity index (χ0n) is 12.0. The first-order valence-electron chi connectivity index (χ1n) is 6.22. The number of nitrogens with zero attached hydrogens (tertiary/aromatic N) is 1. The highest BCUT2D eigenvalue weighted by Crippen LogP contribution is 2.35. The summed E-state index contributed by atoms with van der Waals surface area (Å²) in [4.78, 5) is 2.23. The molecule has 0 radical (unpaired) electrons. The van der Waals surface area contributed by atoms with Gasteiger partial charge in [-0.3, -0.25) is 0 Å². The van der Waals surface area contributed by atoms with E-state index < -0.39 is 0 Å². The van der Waals surface area contributed by atoms with Crippen LogP contribution >= 0.6 is 0 Å². The van der Waals surface area contributed by atoms with Crippen molar-refractivity contribution in [2.24, 2.45) is 0 Å². The minimum Gasteiger partial charge on any atom is -0.497 e. The molecule has 1 rings (SSSR count). The van der Waals surface area contributed by atoms with E-state index in [0.717, 1.165) is 42.3 Å². The van der Waals surface area contributed by atoms with Crippen molar-refractivity contribution >= 4 is 5.69 Å². The first-order chi connectivity index (χ1) is 8.63. The van der Waals surface area contributed by atoms with E-state index in [-0.39, 0.29) is 0 Å². The number of ether oxygens (including phenoxy) is 2. The highest BCUT2D eigenvalue weighted by molar-refractivity contribution is 5.65. The molecule has 0 atom stereocenters. The highest BCUT2D eigenvalue weighted by Gasteiger charge is 2.13. The van der Waals surface area contributed by atoms with E-state index in [1.807, 2.05) is 19.2 Å². The van der Waals surface area contributed by atoms with Gasteiger partial charge in [0.05, 0.1) is 19.9 Å². The van der Waals surface area contributed by atoms with E-state index in [0.29, 0.717) is 0 Å². The van der Waals surface area contributed by atoms with Crippen molar-refractivity contribution in [3.8, 4) is 11.5 Å². The van der Waals surface area contributed by atoms with Crippen molar-refractivity contribution in [2.75, 3.05) is 46.3 Å². The fourth-order valence-electron chi connectivity index (χ4n) is 2.08. The van der Waals surface area contributed by atoms with Gasteiger partial charge < -0.3 is 19.7 Å². The summed E-state index contributed by atoms with van der Waals surface area (Å²) in [5.41, 5.74) is 2.30. The summed E-state index contributed by atoms with van der Waals surface area (Å²) < 4.78 is 10.7. The van der Waals surface area contributed by atoms with E-state index in [4.69, 9.17) is 9.47 Å². The molecular weight excluding hydrogens is 228 g/mol. The molecule has 4 nitrogen and oxygen atoms in total. The molecule has 0 unspecified atom stereocenters. The Morgan fingerprint density at radius 1 is 1.22 bits per heavy atom. The second-order valence-electron chi connectivity index (χ2n) is 4.37. The molecular formula is C14H24N2O2. The molecule has 0 spiro atoms. The zero-order valence-corrected chi connectivity index (χ0v) is 12.0. The molecule has 1 aromatic rings. The van der Waals surface area contributed by atoms with Gasteiger partial charge >= 0.3 is 0 Å². The number of hydrogen-bond donors (Lipinski definition) is 1. The normalized spacial score (nSPS) is 10.3. The van der Waals surface area contributed by atoms with Gasteiger partial charge in [0.1, 0.15) is 11.5 Å². The zero-order chi connectivity index (χ0) is 13.5. The summed E-state index contributed by atoms with van der Waals surface area (Å²) in [6, 6.07) is 3.96. The fraction of sp³-hybridized carbons (Fsp3) is 0.571. The van der Waals surface area contributed by atoms with E-state index >= 15 is 0 Å². The molecule has 0 heterocycles. The van der Waals surface area contributed by atoms with Crippen LogP contribution in [0.25, 0.3) is 0 Å². The van der Waals surface area contributed by atoms with Crippen molar-refractivity contribution in [1.29, 1.82) is 0 Å². The number of benzene rings is 1. The van der Waals surface area contributed by atoms with Crippen LogP contribution in [0, 0.1) is 6.92 Å². The van der Waals surface area contributed by atoms with Crippen molar-refractivity contribution in [3.05, 3.63) is 17.7 Å². The van der Waals surface area contributed by atoms with Crippen LogP contribution in [-0.4, -0.2) is 41.4 Å². The lowest BCUT2D eigenvalue weighted by Gasteiger charge is -2.24. The maximum Gasteiger partial charge on any atom is 0.146 e. The number of aryl methyl sites for hydroxylation is 1. The molecule has 0 bridgehead atoms. The van der Waals surface area contributed by atoms with Crippen molar-refractivity contribution in [2.45, 2.75) is 13.3 Å². The molecule has 0 amide bonds. The van der Waals surface area contributed by atoms with Gasteiger partial charge in [0.2, 0.25) is 0 Å². The smallest absolute Gasteiger partial charge is 0.146 e.